The van der Waals surface area contributed by atoms with Crippen molar-refractivity contribution in [2.24, 2.45) is 0 Å². The molecule has 3 aliphatic rings. The van der Waals surface area contributed by atoms with E-state index in [9.17, 15) is 9.59 Å². The van der Waals surface area contributed by atoms with Crippen LogP contribution in [0.5, 0.6) is 11.5 Å². The van der Waals surface area contributed by atoms with E-state index in [-0.39, 0.29) is 5.92 Å². The standard InChI is InChI=1S/C27H24N2O.C27H22N2O.C8Cl2N2O2/c2*1-30-24-15-13-20(14-16-24)25-18-26(29-27(28-25)21-8-3-2-4-9-21)23-12-11-19-7-5-6-10-22(19)17-23;9-5-6(10)8(14)4(2-12)3(1-11)7(5)13/h2-10,13-16,18,23H,11-12,17H2,1H3;2-16,18,23H,17H2,1H3;. The molecule has 362 valence electrons. The molecule has 0 aliphatic heterocycles. The van der Waals surface area contributed by atoms with Gasteiger partial charge in [-0.25, -0.2) is 19.9 Å². The Morgan fingerprint density at radius 1 is 0.514 bits per heavy atom. The van der Waals surface area contributed by atoms with Crippen LogP contribution < -0.4 is 9.47 Å². The summed E-state index contributed by atoms with van der Waals surface area (Å²) in [6, 6.07) is 61.1. The highest BCUT2D eigenvalue weighted by Crippen LogP contribution is 2.36. The van der Waals surface area contributed by atoms with Gasteiger partial charge in [0, 0.05) is 39.8 Å². The van der Waals surface area contributed by atoms with Gasteiger partial charge in [0.25, 0.3) is 0 Å². The molecule has 0 N–H and O–H groups in total. The Hall–Kier alpha value is -8.80. The number of allylic oxidation sites excluding steroid dienone is 5. The predicted molar refractivity (Wildman–Crippen MR) is 289 cm³/mol. The average Bonchev–Trinajstić information content (AvgIpc) is 3.48. The second-order valence-corrected chi connectivity index (χ2v) is 18.3. The number of fused-ring (bicyclic) bond motifs is 2. The minimum absolute atomic E-state index is 0.224. The van der Waals surface area contributed by atoms with Crippen LogP contribution in [0.2, 0.25) is 0 Å². The molecule has 0 spiro atoms. The van der Waals surface area contributed by atoms with Crippen molar-refractivity contribution in [3.63, 3.8) is 0 Å². The maximum absolute atomic E-state index is 11.2. The van der Waals surface area contributed by atoms with Gasteiger partial charge in [-0.2, -0.15) is 10.5 Å². The highest BCUT2D eigenvalue weighted by Gasteiger charge is 2.33. The smallest absolute Gasteiger partial charge is 0.218 e. The van der Waals surface area contributed by atoms with E-state index in [0.717, 1.165) is 93.9 Å². The maximum Gasteiger partial charge on any atom is 0.218 e. The van der Waals surface area contributed by atoms with Gasteiger partial charge in [0.15, 0.2) is 11.6 Å². The third-order valence-electron chi connectivity index (χ3n) is 13.0. The Morgan fingerprint density at radius 2 is 0.973 bits per heavy atom. The Balaban J connectivity index is 0.000000146. The minimum atomic E-state index is -0.893. The van der Waals surface area contributed by atoms with Gasteiger partial charge in [0.2, 0.25) is 11.6 Å². The van der Waals surface area contributed by atoms with Crippen LogP contribution in [-0.2, 0) is 28.9 Å². The SMILES string of the molecule is COc1ccc(-c2cc(C3C=Cc4ccccc4C3)nc(-c3ccccc3)n2)cc1.COc1ccc(-c2cc(C3CCc4ccccc4C3)nc(-c3ccccc3)n2)cc1.N#CC1=C(C#N)C(=O)C(Cl)=C(Cl)C1=O. The number of halogens is 2. The summed E-state index contributed by atoms with van der Waals surface area (Å²) in [5, 5.41) is 16.0. The number of carbonyl (C=O) groups excluding carboxylic acids is 2. The van der Waals surface area contributed by atoms with Crippen molar-refractivity contribution in [1.29, 1.82) is 10.5 Å². The molecule has 12 heteroatoms. The first-order valence-electron chi connectivity index (χ1n) is 23.8. The molecule has 0 bridgehead atoms. The van der Waals surface area contributed by atoms with E-state index < -0.39 is 32.8 Å². The molecule has 3 aliphatic carbocycles. The molecule has 8 aromatic rings. The van der Waals surface area contributed by atoms with Crippen molar-refractivity contribution in [2.75, 3.05) is 14.2 Å². The number of hydrogen-bond acceptors (Lipinski definition) is 10. The summed E-state index contributed by atoms with van der Waals surface area (Å²) in [6.45, 7) is 0. The lowest BCUT2D eigenvalue weighted by Gasteiger charge is -2.25. The first-order chi connectivity index (χ1) is 36.1. The number of nitrogens with zero attached hydrogens (tertiary/aromatic N) is 6. The van der Waals surface area contributed by atoms with Gasteiger partial charge in [0.05, 0.1) is 31.3 Å². The molecular weight excluding hydrogens is 964 g/mol. The van der Waals surface area contributed by atoms with Crippen LogP contribution in [0.4, 0.5) is 0 Å². The van der Waals surface area contributed by atoms with Gasteiger partial charge >= 0.3 is 0 Å². The number of benzene rings is 6. The summed E-state index contributed by atoms with van der Waals surface area (Å²) in [7, 11) is 3.37. The third-order valence-corrected chi connectivity index (χ3v) is 13.8. The highest BCUT2D eigenvalue weighted by atomic mass is 35.5. The second-order valence-electron chi connectivity index (χ2n) is 17.5. The average molecular weight is 1010 g/mol. The number of ether oxygens (including phenoxy) is 2. The summed E-state index contributed by atoms with van der Waals surface area (Å²) in [4.78, 5) is 42.3. The van der Waals surface area contributed by atoms with Crippen LogP contribution in [0.25, 0.3) is 51.4 Å². The second kappa shape index (κ2) is 23.2. The molecule has 6 aromatic carbocycles. The number of nitriles is 2. The Kier molecular flexibility index (Phi) is 15.7. The lowest BCUT2D eigenvalue weighted by atomic mass is 9.82. The molecule has 0 fully saturated rings. The van der Waals surface area contributed by atoms with Crippen molar-refractivity contribution < 1.29 is 19.1 Å². The molecular formula is C62H46Cl2N6O4. The van der Waals surface area contributed by atoms with E-state index in [2.05, 4.69) is 109 Å². The van der Waals surface area contributed by atoms with Crippen LogP contribution in [0.15, 0.2) is 197 Å². The Morgan fingerprint density at radius 3 is 1.49 bits per heavy atom. The van der Waals surface area contributed by atoms with Gasteiger partial charge < -0.3 is 9.47 Å². The number of hydrogen-bond donors (Lipinski definition) is 0. The topological polar surface area (TPSA) is 152 Å². The van der Waals surface area contributed by atoms with E-state index in [4.69, 9.17) is 63.1 Å². The quantitative estimate of drug-likeness (QED) is 0.134. The van der Waals surface area contributed by atoms with E-state index in [1.807, 2.05) is 72.8 Å². The van der Waals surface area contributed by atoms with E-state index in [1.54, 1.807) is 14.2 Å². The first kappa shape index (κ1) is 50.2. The zero-order valence-electron chi connectivity index (χ0n) is 40.4. The maximum atomic E-state index is 11.2. The van der Waals surface area contributed by atoms with Crippen LogP contribution in [0.1, 0.15) is 51.9 Å². The number of aryl methyl sites for hydroxylation is 1. The van der Waals surface area contributed by atoms with Crippen LogP contribution in [0, 0.1) is 22.7 Å². The zero-order chi connectivity index (χ0) is 51.6. The molecule has 10 nitrogen and oxygen atoms in total. The lowest BCUT2D eigenvalue weighted by Crippen LogP contribution is -2.18. The van der Waals surface area contributed by atoms with Crippen molar-refractivity contribution in [2.45, 2.75) is 37.5 Å². The summed E-state index contributed by atoms with van der Waals surface area (Å²) in [5.41, 5.74) is 12.7. The number of Topliss-reactive ketones (excluding diaryl/α,β-unsaturated/α-hetero) is 2. The fourth-order valence-corrected chi connectivity index (χ4v) is 9.36. The highest BCUT2D eigenvalue weighted by molar-refractivity contribution is 6.59. The van der Waals surface area contributed by atoms with Gasteiger partial charge in [0.1, 0.15) is 44.8 Å². The fourth-order valence-electron chi connectivity index (χ4n) is 9.00. The third kappa shape index (κ3) is 11.3. The molecule has 0 amide bonds. The molecule has 74 heavy (non-hydrogen) atoms. The summed E-state index contributed by atoms with van der Waals surface area (Å²) < 4.78 is 10.6. The van der Waals surface area contributed by atoms with Crippen molar-refractivity contribution in [1.82, 2.24) is 19.9 Å². The van der Waals surface area contributed by atoms with Crippen molar-refractivity contribution in [3.8, 4) is 68.9 Å². The summed E-state index contributed by atoms with van der Waals surface area (Å²) in [6.07, 6.45) is 8.66. The van der Waals surface area contributed by atoms with Crippen LogP contribution >= 0.6 is 23.2 Å². The van der Waals surface area contributed by atoms with Crippen LogP contribution in [0.3, 0.4) is 0 Å². The molecule has 0 saturated heterocycles. The molecule has 2 unspecified atom stereocenters. The van der Waals surface area contributed by atoms with Gasteiger partial charge in [-0.1, -0.05) is 145 Å². The van der Waals surface area contributed by atoms with Crippen molar-refractivity contribution in [3.05, 3.63) is 231 Å². The Bertz CT molecular complexity index is 3520. The Labute approximate surface area is 439 Å². The predicted octanol–water partition coefficient (Wildman–Crippen LogP) is 13.4. The summed E-state index contributed by atoms with van der Waals surface area (Å²) >= 11 is 10.8. The fraction of sp³-hybridized carbons (Fsp3) is 0.129. The number of ketones is 2. The molecule has 2 heterocycles. The normalized spacial score (nSPS) is 15.5. The molecule has 0 radical (unpaired) electrons. The number of aromatic nitrogens is 4. The number of carbonyl (C=O) groups is 2. The van der Waals surface area contributed by atoms with E-state index >= 15 is 0 Å². The molecule has 11 rings (SSSR count). The summed E-state index contributed by atoms with van der Waals surface area (Å²) in [5.74, 6) is 2.07. The van der Waals surface area contributed by atoms with Gasteiger partial charge in [-0.05, 0) is 109 Å². The zero-order valence-corrected chi connectivity index (χ0v) is 41.9. The largest absolute Gasteiger partial charge is 0.497 e. The monoisotopic (exact) mass is 1010 g/mol. The number of methoxy groups -OCH3 is 2. The van der Waals surface area contributed by atoms with E-state index in [1.165, 1.54) is 34.4 Å². The molecule has 2 aromatic heterocycles. The number of rotatable bonds is 8. The molecule has 0 saturated carbocycles. The van der Waals surface area contributed by atoms with Gasteiger partial charge in [-0.3, -0.25) is 9.59 Å². The first-order valence-corrected chi connectivity index (χ1v) is 24.6. The van der Waals surface area contributed by atoms with E-state index in [0.29, 0.717) is 5.92 Å². The minimum Gasteiger partial charge on any atom is -0.497 e. The lowest BCUT2D eigenvalue weighted by molar-refractivity contribution is -0.115. The van der Waals surface area contributed by atoms with Crippen LogP contribution in [-0.4, -0.2) is 45.7 Å². The van der Waals surface area contributed by atoms with Gasteiger partial charge in [-0.15, -0.1) is 0 Å². The molecule has 2 atom stereocenters. The van der Waals surface area contributed by atoms with Crippen molar-refractivity contribution >= 4 is 40.8 Å².